The molecule has 1 heterocycles. The van der Waals surface area contributed by atoms with Crippen LogP contribution in [0.2, 0.25) is 0 Å². The molecule has 1 aromatic heterocycles. The van der Waals surface area contributed by atoms with Crippen LogP contribution in [0.5, 0.6) is 0 Å². The second-order valence-electron chi connectivity index (χ2n) is 1.66. The van der Waals surface area contributed by atoms with Crippen molar-refractivity contribution < 1.29 is 4.42 Å². The number of hydrogen-bond donors (Lipinski definition) is 1. The quantitative estimate of drug-likeness (QED) is 0.598. The van der Waals surface area contributed by atoms with Crippen molar-refractivity contribution in [2.75, 3.05) is 5.73 Å². The Kier molecular flexibility index (Phi) is 1.53. The molecule has 9 heavy (non-hydrogen) atoms. The number of anilines is 1. The predicted molar refractivity (Wildman–Crippen MR) is 34.8 cm³/mol. The Labute approximate surface area is 53.2 Å². The summed E-state index contributed by atoms with van der Waals surface area (Å²) in [6.45, 7) is 3.52. The highest BCUT2D eigenvalue weighted by atomic mass is 16.3. The van der Waals surface area contributed by atoms with Crippen LogP contribution < -0.4 is 5.73 Å². The van der Waals surface area contributed by atoms with E-state index < -0.39 is 0 Å². The predicted octanol–water partition coefficient (Wildman–Crippen LogP) is 0.985. The fourth-order valence-electron chi connectivity index (χ4n) is 0.542. The molecule has 0 saturated heterocycles. The van der Waals surface area contributed by atoms with E-state index in [0.717, 1.165) is 0 Å². The highest BCUT2D eigenvalue weighted by Crippen LogP contribution is 2.02. The summed E-state index contributed by atoms with van der Waals surface area (Å²) >= 11 is 0. The molecule has 3 nitrogen and oxygen atoms in total. The molecule has 0 bridgehead atoms. The van der Waals surface area contributed by atoms with Crippen LogP contribution >= 0.6 is 0 Å². The Morgan fingerprint density at radius 3 is 3.11 bits per heavy atom. The zero-order valence-corrected chi connectivity index (χ0v) is 5.00. The van der Waals surface area contributed by atoms with Gasteiger partial charge in [0.1, 0.15) is 6.26 Å². The van der Waals surface area contributed by atoms with Crippen molar-refractivity contribution in [3.05, 3.63) is 24.8 Å². The van der Waals surface area contributed by atoms with Crippen molar-refractivity contribution in [2.24, 2.45) is 0 Å². The van der Waals surface area contributed by atoms with Crippen LogP contribution in [0.25, 0.3) is 0 Å². The molecule has 1 rings (SSSR count). The monoisotopic (exact) mass is 124 g/mol. The Morgan fingerprint density at radius 2 is 2.67 bits per heavy atom. The van der Waals surface area contributed by atoms with Crippen LogP contribution in [0, 0.1) is 0 Å². The first-order valence-electron chi connectivity index (χ1n) is 2.63. The van der Waals surface area contributed by atoms with Gasteiger partial charge in [0, 0.05) is 6.42 Å². The summed E-state index contributed by atoms with van der Waals surface area (Å²) in [7, 11) is 0. The lowest BCUT2D eigenvalue weighted by molar-refractivity contribution is 0.509. The topological polar surface area (TPSA) is 52.0 Å². The van der Waals surface area contributed by atoms with E-state index in [9.17, 15) is 0 Å². The van der Waals surface area contributed by atoms with E-state index in [1.807, 2.05) is 0 Å². The molecule has 0 atom stereocenters. The van der Waals surface area contributed by atoms with Crippen molar-refractivity contribution in [1.29, 1.82) is 0 Å². The molecule has 0 aromatic carbocycles. The highest BCUT2D eigenvalue weighted by Gasteiger charge is 1.95. The van der Waals surface area contributed by atoms with Gasteiger partial charge < -0.3 is 10.2 Å². The minimum Gasteiger partial charge on any atom is -0.446 e. The summed E-state index contributed by atoms with van der Waals surface area (Å²) in [4.78, 5) is 3.84. The van der Waals surface area contributed by atoms with Crippen LogP contribution in [-0.2, 0) is 6.42 Å². The fourth-order valence-corrected chi connectivity index (χ4v) is 0.542. The molecule has 0 aliphatic heterocycles. The molecule has 2 N–H and O–H groups in total. The second-order valence-corrected chi connectivity index (χ2v) is 1.66. The van der Waals surface area contributed by atoms with Gasteiger partial charge in [-0.1, -0.05) is 6.08 Å². The van der Waals surface area contributed by atoms with Gasteiger partial charge in [-0.15, -0.1) is 6.58 Å². The Hall–Kier alpha value is -1.25. The van der Waals surface area contributed by atoms with Crippen molar-refractivity contribution in [3.8, 4) is 0 Å². The van der Waals surface area contributed by atoms with Gasteiger partial charge in [0.25, 0.3) is 0 Å². The van der Waals surface area contributed by atoms with Crippen LogP contribution in [0.3, 0.4) is 0 Å². The average Bonchev–Trinajstić information content (AvgIpc) is 2.17. The maximum absolute atomic E-state index is 5.27. The number of aromatic nitrogens is 1. The van der Waals surface area contributed by atoms with Gasteiger partial charge in [-0.25, -0.2) is 0 Å². The van der Waals surface area contributed by atoms with Gasteiger partial charge in [0.05, 0.1) is 0 Å². The Balaban J connectivity index is 2.72. The van der Waals surface area contributed by atoms with E-state index in [0.29, 0.717) is 18.1 Å². The van der Waals surface area contributed by atoms with Crippen molar-refractivity contribution in [3.63, 3.8) is 0 Å². The van der Waals surface area contributed by atoms with Crippen LogP contribution in [0.1, 0.15) is 5.89 Å². The molecule has 0 spiro atoms. The summed E-state index contributed by atoms with van der Waals surface area (Å²) in [5.74, 6) is 1.04. The summed E-state index contributed by atoms with van der Waals surface area (Å²) in [6.07, 6.45) is 3.77. The number of allylic oxidation sites excluding steroid dienone is 1. The first-order chi connectivity index (χ1) is 4.33. The zero-order chi connectivity index (χ0) is 6.69. The van der Waals surface area contributed by atoms with Gasteiger partial charge >= 0.3 is 0 Å². The number of nitrogens with zero attached hydrogens (tertiary/aromatic N) is 1. The third kappa shape index (κ3) is 1.32. The average molecular weight is 124 g/mol. The van der Waals surface area contributed by atoms with Crippen molar-refractivity contribution >= 4 is 5.82 Å². The molecule has 0 amide bonds. The van der Waals surface area contributed by atoms with Gasteiger partial charge in [-0.2, -0.15) is 4.98 Å². The summed E-state index contributed by atoms with van der Waals surface area (Å²) in [5.41, 5.74) is 5.27. The third-order valence-corrected chi connectivity index (χ3v) is 0.888. The van der Waals surface area contributed by atoms with Gasteiger partial charge in [-0.05, 0) is 0 Å². The van der Waals surface area contributed by atoms with Crippen molar-refractivity contribution in [2.45, 2.75) is 6.42 Å². The molecule has 48 valence electrons. The molecule has 1 aromatic rings. The molecule has 0 aliphatic carbocycles. The van der Waals surface area contributed by atoms with Crippen LogP contribution in [0.15, 0.2) is 23.3 Å². The van der Waals surface area contributed by atoms with Crippen LogP contribution in [0.4, 0.5) is 5.82 Å². The summed E-state index contributed by atoms with van der Waals surface area (Å²) in [6, 6.07) is 0. The second kappa shape index (κ2) is 2.35. The lowest BCUT2D eigenvalue weighted by Gasteiger charge is -1.80. The summed E-state index contributed by atoms with van der Waals surface area (Å²) < 4.78 is 4.90. The Bertz CT molecular complexity index is 205. The highest BCUT2D eigenvalue weighted by molar-refractivity contribution is 5.21. The minimum atomic E-state index is 0.423. The molecule has 0 unspecified atom stereocenters. The molecule has 0 fully saturated rings. The first-order valence-corrected chi connectivity index (χ1v) is 2.63. The number of rotatable bonds is 2. The number of nitrogen functional groups attached to an aromatic ring is 1. The van der Waals surface area contributed by atoms with E-state index >= 15 is 0 Å². The largest absolute Gasteiger partial charge is 0.446 e. The fraction of sp³-hybridized carbons (Fsp3) is 0.167. The molecule has 3 heteroatoms. The van der Waals surface area contributed by atoms with Gasteiger partial charge in [0.2, 0.25) is 0 Å². The van der Waals surface area contributed by atoms with Gasteiger partial charge in [-0.3, -0.25) is 0 Å². The van der Waals surface area contributed by atoms with E-state index in [1.165, 1.54) is 6.26 Å². The normalized spacial score (nSPS) is 9.33. The number of nitrogens with two attached hydrogens (primary N) is 1. The maximum atomic E-state index is 5.27. The minimum absolute atomic E-state index is 0.423. The lowest BCUT2D eigenvalue weighted by Crippen LogP contribution is -1.84. The number of hydrogen-bond acceptors (Lipinski definition) is 3. The van der Waals surface area contributed by atoms with E-state index in [4.69, 9.17) is 10.2 Å². The maximum Gasteiger partial charge on any atom is 0.199 e. The molecular weight excluding hydrogens is 116 g/mol. The standard InChI is InChI=1S/C6H8N2O/c1-2-3-6-8-5(7)4-9-6/h2,4H,1,3,7H2. The van der Waals surface area contributed by atoms with E-state index in [-0.39, 0.29) is 0 Å². The first kappa shape index (κ1) is 5.88. The molecular formula is C6H8N2O. The van der Waals surface area contributed by atoms with Crippen molar-refractivity contribution in [1.82, 2.24) is 4.98 Å². The number of oxazole rings is 1. The summed E-state index contributed by atoms with van der Waals surface area (Å²) in [5, 5.41) is 0. The van der Waals surface area contributed by atoms with E-state index in [1.54, 1.807) is 6.08 Å². The molecule has 0 aliphatic rings. The zero-order valence-electron chi connectivity index (χ0n) is 5.00. The lowest BCUT2D eigenvalue weighted by atomic mass is 10.4. The SMILES string of the molecule is C=CCc1nc(N)co1. The molecule has 0 radical (unpaired) electrons. The smallest absolute Gasteiger partial charge is 0.199 e. The van der Waals surface area contributed by atoms with Crippen LogP contribution in [-0.4, -0.2) is 4.98 Å². The Morgan fingerprint density at radius 1 is 1.89 bits per heavy atom. The third-order valence-electron chi connectivity index (χ3n) is 0.888. The molecule has 0 saturated carbocycles. The van der Waals surface area contributed by atoms with E-state index in [2.05, 4.69) is 11.6 Å². The van der Waals surface area contributed by atoms with Gasteiger partial charge in [0.15, 0.2) is 11.7 Å².